The topological polar surface area (TPSA) is 35.2 Å². The van der Waals surface area contributed by atoms with Crippen LogP contribution in [0, 0.1) is 0 Å². The minimum atomic E-state index is -4.16. The first kappa shape index (κ1) is 10.7. The van der Waals surface area contributed by atoms with Gasteiger partial charge in [-0.15, -0.1) is 0 Å². The van der Waals surface area contributed by atoms with Crippen molar-refractivity contribution in [3.8, 4) is 0 Å². The summed E-state index contributed by atoms with van der Waals surface area (Å²) in [6, 6.07) is -0.838. The molecule has 0 bridgehead atoms. The lowest BCUT2D eigenvalue weighted by Gasteiger charge is -2.12. The molecule has 11 heavy (non-hydrogen) atoms. The molecule has 0 spiro atoms. The van der Waals surface area contributed by atoms with Crippen molar-refractivity contribution in [1.82, 2.24) is 0 Å². The zero-order chi connectivity index (χ0) is 8.91. The Morgan fingerprint density at radius 1 is 1.45 bits per heavy atom. The second kappa shape index (κ2) is 4.56. The normalized spacial score (nSPS) is 15.0. The third-order valence-corrected chi connectivity index (χ3v) is 1.19. The summed E-state index contributed by atoms with van der Waals surface area (Å²) in [6.07, 6.45) is -4.85. The average Bonchev–Trinajstić information content (AvgIpc) is 1.79. The summed E-state index contributed by atoms with van der Waals surface area (Å²) < 4.78 is 39.4. The third-order valence-electron chi connectivity index (χ3n) is 1.19. The molecule has 68 valence electrons. The molecule has 0 aliphatic heterocycles. The standard InChI is InChI=1S/C6H12F3NO/c1-11-3-2-5(10)4-6(7,8)9/h5H,2-4,10H2,1H3. The maximum atomic E-state index is 11.6. The highest BCUT2D eigenvalue weighted by molar-refractivity contribution is 4.65. The van der Waals surface area contributed by atoms with E-state index in [0.717, 1.165) is 0 Å². The monoisotopic (exact) mass is 171 g/mol. The van der Waals surface area contributed by atoms with Crippen LogP contribution in [0.4, 0.5) is 13.2 Å². The molecule has 1 atom stereocenters. The Hall–Kier alpha value is -0.290. The molecule has 0 radical (unpaired) electrons. The molecule has 0 saturated heterocycles. The van der Waals surface area contributed by atoms with Gasteiger partial charge >= 0.3 is 6.18 Å². The number of ether oxygens (including phenoxy) is 1. The second-order valence-corrected chi connectivity index (χ2v) is 2.36. The van der Waals surface area contributed by atoms with E-state index in [-0.39, 0.29) is 13.0 Å². The number of halogens is 3. The van der Waals surface area contributed by atoms with Gasteiger partial charge in [0, 0.05) is 19.8 Å². The molecule has 0 aliphatic carbocycles. The molecule has 0 rings (SSSR count). The van der Waals surface area contributed by atoms with Crippen LogP contribution in [0.25, 0.3) is 0 Å². The summed E-state index contributed by atoms with van der Waals surface area (Å²) >= 11 is 0. The lowest BCUT2D eigenvalue weighted by Crippen LogP contribution is -2.28. The molecular weight excluding hydrogens is 159 g/mol. The van der Waals surface area contributed by atoms with E-state index in [4.69, 9.17) is 5.73 Å². The zero-order valence-electron chi connectivity index (χ0n) is 6.32. The first-order valence-electron chi connectivity index (χ1n) is 3.27. The average molecular weight is 171 g/mol. The molecule has 0 amide bonds. The Labute approximate surface area is 63.5 Å². The van der Waals surface area contributed by atoms with E-state index in [9.17, 15) is 13.2 Å². The van der Waals surface area contributed by atoms with Gasteiger partial charge in [0.25, 0.3) is 0 Å². The summed E-state index contributed by atoms with van der Waals surface area (Å²) in [7, 11) is 1.43. The fourth-order valence-electron chi connectivity index (χ4n) is 0.669. The van der Waals surface area contributed by atoms with Gasteiger partial charge in [-0.2, -0.15) is 13.2 Å². The van der Waals surface area contributed by atoms with Crippen LogP contribution in [-0.2, 0) is 4.74 Å². The van der Waals surface area contributed by atoms with E-state index in [1.54, 1.807) is 0 Å². The molecular formula is C6H12F3NO. The van der Waals surface area contributed by atoms with Gasteiger partial charge in [0.15, 0.2) is 0 Å². The quantitative estimate of drug-likeness (QED) is 0.692. The van der Waals surface area contributed by atoms with Crippen LogP contribution in [-0.4, -0.2) is 25.9 Å². The number of rotatable bonds is 4. The van der Waals surface area contributed by atoms with Gasteiger partial charge in [0.2, 0.25) is 0 Å². The van der Waals surface area contributed by atoms with Crippen molar-refractivity contribution in [3.63, 3.8) is 0 Å². The highest BCUT2D eigenvalue weighted by Crippen LogP contribution is 2.21. The summed E-state index contributed by atoms with van der Waals surface area (Å²) in [5, 5.41) is 0. The lowest BCUT2D eigenvalue weighted by molar-refractivity contribution is -0.138. The van der Waals surface area contributed by atoms with Crippen molar-refractivity contribution in [2.45, 2.75) is 25.1 Å². The Kier molecular flexibility index (Phi) is 4.44. The van der Waals surface area contributed by atoms with Gasteiger partial charge in [-0.3, -0.25) is 0 Å². The van der Waals surface area contributed by atoms with E-state index in [1.807, 2.05) is 0 Å². The van der Waals surface area contributed by atoms with Crippen molar-refractivity contribution < 1.29 is 17.9 Å². The Balaban J connectivity index is 3.44. The number of hydrogen-bond acceptors (Lipinski definition) is 2. The van der Waals surface area contributed by atoms with Crippen molar-refractivity contribution in [3.05, 3.63) is 0 Å². The minimum Gasteiger partial charge on any atom is -0.385 e. The Morgan fingerprint density at radius 3 is 2.36 bits per heavy atom. The fraction of sp³-hybridized carbons (Fsp3) is 1.00. The largest absolute Gasteiger partial charge is 0.390 e. The van der Waals surface area contributed by atoms with Crippen LogP contribution < -0.4 is 5.73 Å². The van der Waals surface area contributed by atoms with E-state index in [1.165, 1.54) is 7.11 Å². The van der Waals surface area contributed by atoms with Gasteiger partial charge in [-0.1, -0.05) is 0 Å². The molecule has 0 heterocycles. The van der Waals surface area contributed by atoms with E-state index >= 15 is 0 Å². The van der Waals surface area contributed by atoms with Gasteiger partial charge in [-0.25, -0.2) is 0 Å². The van der Waals surface area contributed by atoms with Crippen LogP contribution >= 0.6 is 0 Å². The number of alkyl halides is 3. The second-order valence-electron chi connectivity index (χ2n) is 2.36. The van der Waals surface area contributed by atoms with Crippen LogP contribution in [0.2, 0.25) is 0 Å². The fourth-order valence-corrected chi connectivity index (χ4v) is 0.669. The molecule has 2 N–H and O–H groups in total. The summed E-state index contributed by atoms with van der Waals surface area (Å²) in [5.41, 5.74) is 5.15. The van der Waals surface area contributed by atoms with E-state index in [0.29, 0.717) is 0 Å². The molecule has 0 saturated carbocycles. The predicted molar refractivity (Wildman–Crippen MR) is 35.1 cm³/mol. The van der Waals surface area contributed by atoms with Crippen LogP contribution in [0.3, 0.4) is 0 Å². The minimum absolute atomic E-state index is 0.246. The first-order valence-corrected chi connectivity index (χ1v) is 3.27. The summed E-state index contributed by atoms with van der Waals surface area (Å²) in [6.45, 7) is 0.275. The number of hydrogen-bond donors (Lipinski definition) is 1. The highest BCUT2D eigenvalue weighted by Gasteiger charge is 2.29. The molecule has 1 unspecified atom stereocenters. The maximum Gasteiger partial charge on any atom is 0.390 e. The number of methoxy groups -OCH3 is 1. The molecule has 5 heteroatoms. The third kappa shape index (κ3) is 7.61. The zero-order valence-corrected chi connectivity index (χ0v) is 6.32. The Bertz CT molecular complexity index is 104. The van der Waals surface area contributed by atoms with Crippen LogP contribution in [0.1, 0.15) is 12.8 Å². The smallest absolute Gasteiger partial charge is 0.385 e. The first-order chi connectivity index (χ1) is 4.95. The van der Waals surface area contributed by atoms with Crippen LogP contribution in [0.15, 0.2) is 0 Å². The highest BCUT2D eigenvalue weighted by atomic mass is 19.4. The van der Waals surface area contributed by atoms with Gasteiger partial charge in [0.1, 0.15) is 0 Å². The SMILES string of the molecule is COCCC(N)CC(F)(F)F. The van der Waals surface area contributed by atoms with Crippen molar-refractivity contribution in [2.75, 3.05) is 13.7 Å². The maximum absolute atomic E-state index is 11.6. The van der Waals surface area contributed by atoms with Gasteiger partial charge in [-0.05, 0) is 6.42 Å². The molecule has 0 aromatic carbocycles. The summed E-state index contributed by atoms with van der Waals surface area (Å²) in [5.74, 6) is 0. The molecule has 0 aromatic rings. The van der Waals surface area contributed by atoms with Crippen molar-refractivity contribution in [1.29, 1.82) is 0 Å². The Morgan fingerprint density at radius 2 is 2.00 bits per heavy atom. The van der Waals surface area contributed by atoms with E-state index in [2.05, 4.69) is 4.74 Å². The molecule has 2 nitrogen and oxygen atoms in total. The van der Waals surface area contributed by atoms with Gasteiger partial charge in [0.05, 0.1) is 6.42 Å². The van der Waals surface area contributed by atoms with Crippen molar-refractivity contribution in [2.24, 2.45) is 5.73 Å². The lowest BCUT2D eigenvalue weighted by atomic mass is 10.1. The van der Waals surface area contributed by atoms with Crippen LogP contribution in [0.5, 0.6) is 0 Å². The number of nitrogens with two attached hydrogens (primary N) is 1. The van der Waals surface area contributed by atoms with Crippen molar-refractivity contribution >= 4 is 0 Å². The molecule has 0 aromatic heterocycles. The predicted octanol–water partition coefficient (Wildman–Crippen LogP) is 1.30. The molecule has 0 fully saturated rings. The molecule has 0 aliphatic rings. The van der Waals surface area contributed by atoms with E-state index < -0.39 is 18.6 Å². The van der Waals surface area contributed by atoms with Gasteiger partial charge < -0.3 is 10.5 Å². The summed E-state index contributed by atoms with van der Waals surface area (Å²) in [4.78, 5) is 0.